The minimum Gasteiger partial charge on any atom is -0.391 e. The van der Waals surface area contributed by atoms with Crippen molar-refractivity contribution in [2.75, 3.05) is 5.32 Å². The van der Waals surface area contributed by atoms with Gasteiger partial charge in [-0.2, -0.15) is 0 Å². The zero-order chi connectivity index (χ0) is 9.97. The maximum absolute atomic E-state index is 9.66. The van der Waals surface area contributed by atoms with Crippen LogP contribution in [0.2, 0.25) is 0 Å². The Labute approximate surface area is 97.9 Å². The molecule has 0 aromatic heterocycles. The number of hydrogen-bond acceptors (Lipinski definition) is 2. The van der Waals surface area contributed by atoms with Crippen molar-refractivity contribution in [3.8, 4) is 0 Å². The summed E-state index contributed by atoms with van der Waals surface area (Å²) in [5.41, 5.74) is 1.11. The summed E-state index contributed by atoms with van der Waals surface area (Å²) in [6, 6.07) is 8.49. The van der Waals surface area contributed by atoms with Gasteiger partial charge < -0.3 is 10.4 Å². The molecule has 0 heterocycles. The maximum Gasteiger partial charge on any atom is 0.0741 e. The van der Waals surface area contributed by atoms with E-state index in [0.29, 0.717) is 0 Å². The quantitative estimate of drug-likeness (QED) is 0.823. The molecule has 2 rings (SSSR count). The lowest BCUT2D eigenvalue weighted by Gasteiger charge is -2.17. The number of rotatable bonds is 2. The van der Waals surface area contributed by atoms with E-state index < -0.39 is 0 Å². The first-order chi connectivity index (χ1) is 6.75. The first-order valence-electron chi connectivity index (χ1n) is 4.96. The van der Waals surface area contributed by atoms with Gasteiger partial charge in [0.05, 0.1) is 12.1 Å². The van der Waals surface area contributed by atoms with Crippen LogP contribution in [0.3, 0.4) is 0 Å². The minimum atomic E-state index is -0.173. The summed E-state index contributed by atoms with van der Waals surface area (Å²) < 4.78 is 1.22. The molecule has 1 fully saturated rings. The Kier molecular flexibility index (Phi) is 3.28. The van der Waals surface area contributed by atoms with Crippen molar-refractivity contribution in [2.24, 2.45) is 0 Å². The van der Waals surface area contributed by atoms with Crippen LogP contribution < -0.4 is 5.32 Å². The molecular formula is C11H14INO. The number of nitrogens with one attached hydrogen (secondary N) is 1. The Hall–Kier alpha value is -0.290. The molecule has 1 aliphatic carbocycles. The molecule has 0 amide bonds. The molecule has 0 radical (unpaired) electrons. The van der Waals surface area contributed by atoms with E-state index in [4.69, 9.17) is 0 Å². The standard InChI is InChI=1S/C11H14INO/c12-8-3-1-4-9(7-8)13-10-5-2-6-11(10)14/h1,3-4,7,10-11,13-14H,2,5-6H2. The van der Waals surface area contributed by atoms with E-state index in [1.54, 1.807) is 0 Å². The second-order valence-corrected chi connectivity index (χ2v) is 5.01. The molecule has 14 heavy (non-hydrogen) atoms. The van der Waals surface area contributed by atoms with E-state index in [-0.39, 0.29) is 12.1 Å². The average Bonchev–Trinajstić information content (AvgIpc) is 2.52. The fraction of sp³-hybridized carbons (Fsp3) is 0.455. The molecule has 76 valence electrons. The molecule has 0 bridgehead atoms. The summed E-state index contributed by atoms with van der Waals surface area (Å²) >= 11 is 2.29. The molecule has 1 aromatic carbocycles. The summed E-state index contributed by atoms with van der Waals surface area (Å²) in [7, 11) is 0. The smallest absolute Gasteiger partial charge is 0.0741 e. The average molecular weight is 303 g/mol. The van der Waals surface area contributed by atoms with Crippen LogP contribution in [0.5, 0.6) is 0 Å². The fourth-order valence-electron chi connectivity index (χ4n) is 1.90. The molecular weight excluding hydrogens is 289 g/mol. The summed E-state index contributed by atoms with van der Waals surface area (Å²) in [5, 5.41) is 13.0. The van der Waals surface area contributed by atoms with Gasteiger partial charge in [0.2, 0.25) is 0 Å². The summed E-state index contributed by atoms with van der Waals surface area (Å²) in [5.74, 6) is 0. The highest BCUT2D eigenvalue weighted by molar-refractivity contribution is 14.1. The molecule has 0 aliphatic heterocycles. The largest absolute Gasteiger partial charge is 0.391 e. The van der Waals surface area contributed by atoms with Gasteiger partial charge in [0.1, 0.15) is 0 Å². The van der Waals surface area contributed by atoms with Gasteiger partial charge in [0.25, 0.3) is 0 Å². The van der Waals surface area contributed by atoms with Gasteiger partial charge in [-0.15, -0.1) is 0 Å². The summed E-state index contributed by atoms with van der Waals surface area (Å²) in [4.78, 5) is 0. The van der Waals surface area contributed by atoms with Crippen LogP contribution in [0.1, 0.15) is 19.3 Å². The van der Waals surface area contributed by atoms with Crippen molar-refractivity contribution in [1.29, 1.82) is 0 Å². The van der Waals surface area contributed by atoms with E-state index in [0.717, 1.165) is 24.9 Å². The van der Waals surface area contributed by atoms with E-state index in [1.165, 1.54) is 3.57 Å². The van der Waals surface area contributed by atoms with Gasteiger partial charge in [-0.05, 0) is 60.1 Å². The number of hydrogen-bond donors (Lipinski definition) is 2. The van der Waals surface area contributed by atoms with Crippen molar-refractivity contribution >= 4 is 28.3 Å². The van der Waals surface area contributed by atoms with Crippen LogP contribution in [0.15, 0.2) is 24.3 Å². The zero-order valence-electron chi connectivity index (χ0n) is 7.91. The third kappa shape index (κ3) is 2.39. The molecule has 0 spiro atoms. The van der Waals surface area contributed by atoms with Gasteiger partial charge in [-0.1, -0.05) is 6.07 Å². The lowest BCUT2D eigenvalue weighted by Crippen LogP contribution is -2.27. The van der Waals surface area contributed by atoms with Crippen molar-refractivity contribution in [3.63, 3.8) is 0 Å². The highest BCUT2D eigenvalue weighted by Crippen LogP contribution is 2.23. The Morgan fingerprint density at radius 2 is 2.21 bits per heavy atom. The topological polar surface area (TPSA) is 32.3 Å². The molecule has 2 atom stereocenters. The van der Waals surface area contributed by atoms with Gasteiger partial charge in [0, 0.05) is 9.26 Å². The number of anilines is 1. The van der Waals surface area contributed by atoms with Crippen LogP contribution in [-0.2, 0) is 0 Å². The zero-order valence-corrected chi connectivity index (χ0v) is 10.1. The van der Waals surface area contributed by atoms with Crippen LogP contribution in [0, 0.1) is 3.57 Å². The molecule has 3 heteroatoms. The molecule has 1 saturated carbocycles. The predicted molar refractivity (Wildman–Crippen MR) is 66.4 cm³/mol. The van der Waals surface area contributed by atoms with Crippen LogP contribution in [0.4, 0.5) is 5.69 Å². The normalized spacial score (nSPS) is 26.4. The molecule has 2 N–H and O–H groups in total. The van der Waals surface area contributed by atoms with Crippen molar-refractivity contribution in [1.82, 2.24) is 0 Å². The van der Waals surface area contributed by atoms with Crippen LogP contribution >= 0.6 is 22.6 Å². The molecule has 2 unspecified atom stereocenters. The second-order valence-electron chi connectivity index (χ2n) is 3.76. The monoisotopic (exact) mass is 303 g/mol. The minimum absolute atomic E-state index is 0.173. The number of benzene rings is 1. The maximum atomic E-state index is 9.66. The molecule has 1 aromatic rings. The molecule has 0 saturated heterocycles. The number of aliphatic hydroxyl groups excluding tert-OH is 1. The van der Waals surface area contributed by atoms with E-state index in [1.807, 2.05) is 12.1 Å². The SMILES string of the molecule is OC1CCCC1Nc1cccc(I)c1. The molecule has 2 nitrogen and oxygen atoms in total. The van der Waals surface area contributed by atoms with Crippen LogP contribution in [-0.4, -0.2) is 17.3 Å². The summed E-state index contributed by atoms with van der Waals surface area (Å²) in [6.07, 6.45) is 2.96. The number of halogens is 1. The van der Waals surface area contributed by atoms with Crippen molar-refractivity contribution < 1.29 is 5.11 Å². The first kappa shape index (κ1) is 10.2. The van der Waals surface area contributed by atoms with Crippen molar-refractivity contribution in [3.05, 3.63) is 27.8 Å². The lowest BCUT2D eigenvalue weighted by molar-refractivity contribution is 0.172. The third-order valence-electron chi connectivity index (χ3n) is 2.66. The molecule has 1 aliphatic rings. The lowest BCUT2D eigenvalue weighted by atomic mass is 10.2. The fourth-order valence-corrected chi connectivity index (χ4v) is 2.44. The van der Waals surface area contributed by atoms with E-state index in [9.17, 15) is 5.11 Å². The van der Waals surface area contributed by atoms with Crippen LogP contribution in [0.25, 0.3) is 0 Å². The Morgan fingerprint density at radius 1 is 1.36 bits per heavy atom. The van der Waals surface area contributed by atoms with E-state index >= 15 is 0 Å². The Bertz CT molecular complexity index is 316. The second kappa shape index (κ2) is 4.49. The third-order valence-corrected chi connectivity index (χ3v) is 3.33. The van der Waals surface area contributed by atoms with Gasteiger partial charge >= 0.3 is 0 Å². The predicted octanol–water partition coefficient (Wildman–Crippen LogP) is 2.62. The van der Waals surface area contributed by atoms with Gasteiger partial charge in [-0.25, -0.2) is 0 Å². The Morgan fingerprint density at radius 3 is 2.86 bits per heavy atom. The Balaban J connectivity index is 2.03. The summed E-state index contributed by atoms with van der Waals surface area (Å²) in [6.45, 7) is 0. The van der Waals surface area contributed by atoms with Gasteiger partial charge in [-0.3, -0.25) is 0 Å². The van der Waals surface area contributed by atoms with Gasteiger partial charge in [0.15, 0.2) is 0 Å². The first-order valence-corrected chi connectivity index (χ1v) is 6.04. The highest BCUT2D eigenvalue weighted by Gasteiger charge is 2.24. The van der Waals surface area contributed by atoms with E-state index in [2.05, 4.69) is 40.0 Å². The highest BCUT2D eigenvalue weighted by atomic mass is 127. The van der Waals surface area contributed by atoms with Crippen molar-refractivity contribution in [2.45, 2.75) is 31.4 Å². The number of aliphatic hydroxyl groups is 1.